The predicted octanol–water partition coefficient (Wildman–Crippen LogP) is 2.37. The quantitative estimate of drug-likeness (QED) is 0.407. The summed E-state index contributed by atoms with van der Waals surface area (Å²) in [5.41, 5.74) is -1.12. The van der Waals surface area contributed by atoms with Crippen molar-refractivity contribution in [1.29, 1.82) is 0 Å². The van der Waals surface area contributed by atoms with Crippen molar-refractivity contribution in [2.45, 2.75) is 32.6 Å². The van der Waals surface area contributed by atoms with Gasteiger partial charge in [-0.1, -0.05) is 25.5 Å². The van der Waals surface area contributed by atoms with E-state index in [1.807, 2.05) is 6.08 Å². The number of rotatable bonds is 7. The molecule has 0 saturated heterocycles. The predicted molar refractivity (Wildman–Crippen MR) is 73.8 cm³/mol. The van der Waals surface area contributed by atoms with E-state index < -0.39 is 17.4 Å². The second kappa shape index (κ2) is 7.72. The van der Waals surface area contributed by atoms with Crippen LogP contribution in [-0.2, 0) is 23.8 Å². The van der Waals surface area contributed by atoms with Crippen molar-refractivity contribution in [1.82, 2.24) is 0 Å². The highest BCUT2D eigenvalue weighted by Crippen LogP contribution is 2.34. The average molecular weight is 282 g/mol. The molecule has 0 amide bonds. The first-order valence-electron chi connectivity index (χ1n) is 6.75. The molecule has 0 N–H and O–H groups in total. The fraction of sp³-hybridized carbons (Fsp3) is 0.600. The van der Waals surface area contributed by atoms with E-state index in [0.29, 0.717) is 18.8 Å². The monoisotopic (exact) mass is 282 g/mol. The molecule has 5 heteroatoms. The lowest BCUT2D eigenvalue weighted by atomic mass is 9.80. The first-order chi connectivity index (χ1) is 9.57. The average Bonchev–Trinajstić information content (AvgIpc) is 2.46. The van der Waals surface area contributed by atoms with Gasteiger partial charge in [0.2, 0.25) is 0 Å². The molecule has 1 aliphatic carbocycles. The molecule has 1 rings (SSSR count). The Morgan fingerprint density at radius 1 is 1.30 bits per heavy atom. The van der Waals surface area contributed by atoms with Crippen LogP contribution in [0.5, 0.6) is 0 Å². The van der Waals surface area contributed by atoms with E-state index in [0.717, 1.165) is 12.8 Å². The number of carbonyl (C=O) groups excluding carboxylic acids is 2. The Labute approximate surface area is 119 Å². The van der Waals surface area contributed by atoms with Crippen LogP contribution < -0.4 is 0 Å². The van der Waals surface area contributed by atoms with E-state index in [4.69, 9.17) is 9.47 Å². The first kappa shape index (κ1) is 16.3. The van der Waals surface area contributed by atoms with Gasteiger partial charge in [-0.05, 0) is 12.5 Å². The van der Waals surface area contributed by atoms with Gasteiger partial charge in [-0.2, -0.15) is 0 Å². The summed E-state index contributed by atoms with van der Waals surface area (Å²) in [5.74, 6) is -0.267. The summed E-state index contributed by atoms with van der Waals surface area (Å²) in [6.07, 6.45) is 7.68. The van der Waals surface area contributed by atoms with Gasteiger partial charge >= 0.3 is 11.9 Å². The van der Waals surface area contributed by atoms with E-state index >= 15 is 0 Å². The van der Waals surface area contributed by atoms with Crippen molar-refractivity contribution in [3.8, 4) is 0 Å². The van der Waals surface area contributed by atoms with E-state index in [2.05, 4.69) is 11.7 Å². The zero-order valence-corrected chi connectivity index (χ0v) is 12.3. The minimum atomic E-state index is -1.12. The van der Waals surface area contributed by atoms with E-state index in [1.165, 1.54) is 14.2 Å². The van der Waals surface area contributed by atoms with Gasteiger partial charge in [0.15, 0.2) is 0 Å². The Kier molecular flexibility index (Phi) is 6.28. The number of allylic oxidation sites excluding steroid dienone is 1. The molecule has 1 aliphatic rings. The third kappa shape index (κ3) is 4.11. The molecule has 0 heterocycles. The molecule has 0 aromatic rings. The lowest BCUT2D eigenvalue weighted by Crippen LogP contribution is -2.33. The lowest BCUT2D eigenvalue weighted by molar-refractivity contribution is -0.154. The Morgan fingerprint density at radius 3 is 2.65 bits per heavy atom. The molecule has 112 valence electrons. The zero-order valence-electron chi connectivity index (χ0n) is 12.3. The number of unbranched alkanes of at least 4 members (excludes halogenated alkanes) is 1. The van der Waals surface area contributed by atoms with Crippen LogP contribution in [0, 0.1) is 5.41 Å². The molecule has 20 heavy (non-hydrogen) atoms. The third-order valence-electron chi connectivity index (χ3n) is 3.17. The second-order valence-electron chi connectivity index (χ2n) is 4.70. The molecule has 0 spiro atoms. The van der Waals surface area contributed by atoms with Crippen LogP contribution in [0.2, 0.25) is 0 Å². The second-order valence-corrected chi connectivity index (χ2v) is 4.70. The van der Waals surface area contributed by atoms with Gasteiger partial charge in [0, 0.05) is 6.42 Å². The molecule has 0 bridgehead atoms. The molecule has 0 aromatic heterocycles. The van der Waals surface area contributed by atoms with E-state index in [9.17, 15) is 9.59 Å². The summed E-state index contributed by atoms with van der Waals surface area (Å²) < 4.78 is 15.1. The van der Waals surface area contributed by atoms with E-state index in [-0.39, 0.29) is 6.42 Å². The largest absolute Gasteiger partial charge is 0.498 e. The Bertz CT molecular complexity index is 410. The SMILES string of the molecule is CCCCOC1=CC(CC(=O)OC)(C(=O)OC)C=CC1. The van der Waals surface area contributed by atoms with Crippen molar-refractivity contribution in [3.63, 3.8) is 0 Å². The van der Waals surface area contributed by atoms with Crippen molar-refractivity contribution in [3.05, 3.63) is 24.0 Å². The third-order valence-corrected chi connectivity index (χ3v) is 3.17. The molecular formula is C15H22O5. The number of hydrogen-bond donors (Lipinski definition) is 0. The fourth-order valence-corrected chi connectivity index (χ4v) is 2.04. The van der Waals surface area contributed by atoms with Gasteiger partial charge in [-0.3, -0.25) is 9.59 Å². The molecule has 0 saturated carbocycles. The van der Waals surface area contributed by atoms with Gasteiger partial charge in [0.25, 0.3) is 0 Å². The van der Waals surface area contributed by atoms with E-state index in [1.54, 1.807) is 12.2 Å². The van der Waals surface area contributed by atoms with Crippen LogP contribution in [0.15, 0.2) is 24.0 Å². The topological polar surface area (TPSA) is 61.8 Å². The fourth-order valence-electron chi connectivity index (χ4n) is 2.04. The maximum absolute atomic E-state index is 12.0. The molecule has 0 aliphatic heterocycles. The van der Waals surface area contributed by atoms with Crippen molar-refractivity contribution in [2.75, 3.05) is 20.8 Å². The number of esters is 2. The Hall–Kier alpha value is -1.78. The highest BCUT2D eigenvalue weighted by atomic mass is 16.5. The number of carbonyl (C=O) groups is 2. The Balaban J connectivity index is 2.90. The minimum Gasteiger partial charge on any atom is -0.498 e. The molecule has 0 fully saturated rings. The highest BCUT2D eigenvalue weighted by Gasteiger charge is 2.40. The summed E-state index contributed by atoms with van der Waals surface area (Å²) in [7, 11) is 2.59. The van der Waals surface area contributed by atoms with Gasteiger partial charge in [0.1, 0.15) is 5.41 Å². The smallest absolute Gasteiger partial charge is 0.320 e. The molecule has 5 nitrogen and oxygen atoms in total. The van der Waals surface area contributed by atoms with Crippen molar-refractivity contribution >= 4 is 11.9 Å². The summed E-state index contributed by atoms with van der Waals surface area (Å²) in [6, 6.07) is 0. The lowest BCUT2D eigenvalue weighted by Gasteiger charge is -2.27. The van der Waals surface area contributed by atoms with Crippen molar-refractivity contribution in [2.24, 2.45) is 5.41 Å². The first-order valence-corrected chi connectivity index (χ1v) is 6.75. The number of methoxy groups -OCH3 is 2. The van der Waals surface area contributed by atoms with Gasteiger partial charge in [-0.15, -0.1) is 0 Å². The van der Waals surface area contributed by atoms with Crippen LogP contribution in [0.25, 0.3) is 0 Å². The molecule has 0 aromatic carbocycles. The van der Waals surface area contributed by atoms with Crippen LogP contribution in [0.1, 0.15) is 32.6 Å². The Morgan fingerprint density at radius 2 is 2.05 bits per heavy atom. The van der Waals surface area contributed by atoms with Crippen LogP contribution >= 0.6 is 0 Å². The van der Waals surface area contributed by atoms with Crippen LogP contribution in [0.3, 0.4) is 0 Å². The van der Waals surface area contributed by atoms with Gasteiger partial charge < -0.3 is 14.2 Å². The highest BCUT2D eigenvalue weighted by molar-refractivity contribution is 5.87. The summed E-state index contributed by atoms with van der Waals surface area (Å²) in [6.45, 7) is 2.68. The molecule has 0 radical (unpaired) electrons. The van der Waals surface area contributed by atoms with Crippen LogP contribution in [0.4, 0.5) is 0 Å². The van der Waals surface area contributed by atoms with Crippen LogP contribution in [-0.4, -0.2) is 32.8 Å². The van der Waals surface area contributed by atoms with Crippen molar-refractivity contribution < 1.29 is 23.8 Å². The maximum Gasteiger partial charge on any atom is 0.320 e. The van der Waals surface area contributed by atoms with Gasteiger partial charge in [0.05, 0.1) is 33.0 Å². The summed E-state index contributed by atoms with van der Waals surface area (Å²) in [5, 5.41) is 0. The number of hydrogen-bond acceptors (Lipinski definition) is 5. The molecule has 1 atom stereocenters. The zero-order chi connectivity index (χ0) is 15.0. The normalized spacial score (nSPS) is 21.1. The standard InChI is InChI=1S/C15H22O5/c1-4-5-9-20-12-7-6-8-15(10-12,14(17)19-3)11-13(16)18-2/h6,8,10H,4-5,7,9,11H2,1-3H3. The maximum atomic E-state index is 12.0. The molecule has 1 unspecified atom stereocenters. The molecular weight excluding hydrogens is 260 g/mol. The van der Waals surface area contributed by atoms with Gasteiger partial charge in [-0.25, -0.2) is 0 Å². The number of ether oxygens (including phenoxy) is 3. The summed E-state index contributed by atoms with van der Waals surface area (Å²) >= 11 is 0. The summed E-state index contributed by atoms with van der Waals surface area (Å²) in [4.78, 5) is 23.6. The minimum absolute atomic E-state index is 0.0900.